The predicted octanol–water partition coefficient (Wildman–Crippen LogP) is 2.20. The summed E-state index contributed by atoms with van der Waals surface area (Å²) in [5.41, 5.74) is 6.22. The number of amides is 1. The summed E-state index contributed by atoms with van der Waals surface area (Å²) in [7, 11) is 0. The number of hydrogen-bond donors (Lipinski definition) is 2. The van der Waals surface area contributed by atoms with Gasteiger partial charge in [0.15, 0.2) is 0 Å². The predicted molar refractivity (Wildman–Crippen MR) is 66.5 cm³/mol. The van der Waals surface area contributed by atoms with Crippen molar-refractivity contribution in [1.29, 1.82) is 0 Å². The van der Waals surface area contributed by atoms with Gasteiger partial charge in [0.2, 0.25) is 5.91 Å². The van der Waals surface area contributed by atoms with E-state index in [1.54, 1.807) is 25.1 Å². The van der Waals surface area contributed by atoms with Gasteiger partial charge < -0.3 is 11.1 Å². The third-order valence-corrected chi connectivity index (χ3v) is 2.86. The maximum atomic E-state index is 11.5. The van der Waals surface area contributed by atoms with Crippen LogP contribution >= 0.6 is 23.2 Å². The summed E-state index contributed by atoms with van der Waals surface area (Å²) in [6.07, 6.45) is 0. The van der Waals surface area contributed by atoms with Crippen molar-refractivity contribution in [2.75, 3.05) is 6.54 Å². The molecule has 0 spiro atoms. The van der Waals surface area contributed by atoms with Crippen LogP contribution in [0.15, 0.2) is 18.2 Å². The Balaban J connectivity index is 2.58. The highest BCUT2D eigenvalue weighted by atomic mass is 35.5. The number of carbonyl (C=O) groups is 1. The molecule has 0 aliphatic rings. The summed E-state index contributed by atoms with van der Waals surface area (Å²) in [6.45, 7) is 2.50. The fourth-order valence-electron chi connectivity index (χ4n) is 1.13. The van der Waals surface area contributed by atoms with Crippen LogP contribution in [-0.4, -0.2) is 12.5 Å². The molecule has 3 nitrogen and oxygen atoms in total. The highest BCUT2D eigenvalue weighted by molar-refractivity contribution is 6.35. The molecule has 1 aromatic rings. The molecule has 0 aromatic heterocycles. The van der Waals surface area contributed by atoms with Crippen molar-refractivity contribution in [3.8, 4) is 0 Å². The summed E-state index contributed by atoms with van der Waals surface area (Å²) in [4.78, 5) is 11.5. The zero-order chi connectivity index (χ0) is 12.1. The van der Waals surface area contributed by atoms with Crippen LogP contribution in [0.25, 0.3) is 0 Å². The molecular weight excluding hydrogens is 247 g/mol. The Bertz CT molecular complexity index is 382. The Morgan fingerprint density at radius 1 is 1.50 bits per heavy atom. The van der Waals surface area contributed by atoms with Crippen molar-refractivity contribution in [2.24, 2.45) is 11.7 Å². The standard InChI is InChI=1S/C11H14Cl2N2O/c1-7(5-14)11(16)15-6-8-2-3-9(12)4-10(8)13/h2-4,7H,5-6,14H2,1H3,(H,15,16). The van der Waals surface area contributed by atoms with Gasteiger partial charge in [0, 0.05) is 29.1 Å². The average molecular weight is 261 g/mol. The molecule has 0 fully saturated rings. The van der Waals surface area contributed by atoms with E-state index < -0.39 is 0 Å². The van der Waals surface area contributed by atoms with Gasteiger partial charge in [-0.1, -0.05) is 36.2 Å². The van der Waals surface area contributed by atoms with E-state index in [1.165, 1.54) is 0 Å². The lowest BCUT2D eigenvalue weighted by Gasteiger charge is -2.10. The van der Waals surface area contributed by atoms with Crippen LogP contribution in [0.4, 0.5) is 0 Å². The fraction of sp³-hybridized carbons (Fsp3) is 0.364. The van der Waals surface area contributed by atoms with Gasteiger partial charge in [0.1, 0.15) is 0 Å². The summed E-state index contributed by atoms with van der Waals surface area (Å²) < 4.78 is 0. The highest BCUT2D eigenvalue weighted by Crippen LogP contribution is 2.20. The number of nitrogens with one attached hydrogen (secondary N) is 1. The largest absolute Gasteiger partial charge is 0.352 e. The molecule has 0 aliphatic carbocycles. The van der Waals surface area contributed by atoms with E-state index in [0.29, 0.717) is 23.1 Å². The molecule has 0 bridgehead atoms. The Morgan fingerprint density at radius 2 is 2.19 bits per heavy atom. The normalized spacial score (nSPS) is 12.2. The van der Waals surface area contributed by atoms with E-state index in [9.17, 15) is 4.79 Å². The summed E-state index contributed by atoms with van der Waals surface area (Å²) >= 11 is 11.7. The van der Waals surface area contributed by atoms with Gasteiger partial charge in [-0.15, -0.1) is 0 Å². The first kappa shape index (κ1) is 13.3. The molecule has 0 aliphatic heterocycles. The average Bonchev–Trinajstić information content (AvgIpc) is 2.26. The first-order chi connectivity index (χ1) is 7.54. The minimum Gasteiger partial charge on any atom is -0.352 e. The number of benzene rings is 1. The molecular formula is C11H14Cl2N2O. The second-order valence-electron chi connectivity index (χ2n) is 3.59. The minimum atomic E-state index is -0.189. The maximum Gasteiger partial charge on any atom is 0.224 e. The van der Waals surface area contributed by atoms with Crippen molar-refractivity contribution < 1.29 is 4.79 Å². The number of hydrogen-bond acceptors (Lipinski definition) is 2. The van der Waals surface area contributed by atoms with Crippen LogP contribution in [0.2, 0.25) is 10.0 Å². The van der Waals surface area contributed by atoms with Crippen molar-refractivity contribution in [3.63, 3.8) is 0 Å². The first-order valence-corrected chi connectivity index (χ1v) is 5.72. The summed E-state index contributed by atoms with van der Waals surface area (Å²) in [5, 5.41) is 3.89. The van der Waals surface area contributed by atoms with Crippen LogP contribution in [0.3, 0.4) is 0 Å². The number of carbonyl (C=O) groups excluding carboxylic acids is 1. The molecule has 0 saturated carbocycles. The summed E-state index contributed by atoms with van der Waals surface area (Å²) in [5.74, 6) is -0.264. The van der Waals surface area contributed by atoms with E-state index in [-0.39, 0.29) is 11.8 Å². The monoisotopic (exact) mass is 260 g/mol. The number of nitrogens with two attached hydrogens (primary N) is 1. The molecule has 0 radical (unpaired) electrons. The molecule has 5 heteroatoms. The van der Waals surface area contributed by atoms with E-state index in [4.69, 9.17) is 28.9 Å². The molecule has 1 atom stereocenters. The molecule has 1 aromatic carbocycles. The third-order valence-electron chi connectivity index (χ3n) is 2.27. The number of halogens is 2. The second kappa shape index (κ2) is 6.09. The molecule has 0 saturated heterocycles. The zero-order valence-corrected chi connectivity index (χ0v) is 10.5. The van der Waals surface area contributed by atoms with Crippen LogP contribution in [0.1, 0.15) is 12.5 Å². The van der Waals surface area contributed by atoms with Gasteiger partial charge >= 0.3 is 0 Å². The van der Waals surface area contributed by atoms with Crippen molar-refractivity contribution in [2.45, 2.75) is 13.5 Å². The van der Waals surface area contributed by atoms with E-state index >= 15 is 0 Å². The van der Waals surface area contributed by atoms with Gasteiger partial charge in [-0.2, -0.15) is 0 Å². The lowest BCUT2D eigenvalue weighted by Crippen LogP contribution is -2.32. The molecule has 1 unspecified atom stereocenters. The minimum absolute atomic E-state index is 0.0754. The molecule has 88 valence electrons. The van der Waals surface area contributed by atoms with E-state index in [0.717, 1.165) is 5.56 Å². The van der Waals surface area contributed by atoms with Crippen LogP contribution < -0.4 is 11.1 Å². The second-order valence-corrected chi connectivity index (χ2v) is 4.43. The molecule has 16 heavy (non-hydrogen) atoms. The first-order valence-electron chi connectivity index (χ1n) is 4.96. The van der Waals surface area contributed by atoms with Crippen LogP contribution in [-0.2, 0) is 11.3 Å². The lowest BCUT2D eigenvalue weighted by molar-refractivity contribution is -0.124. The molecule has 3 N–H and O–H groups in total. The summed E-state index contributed by atoms with van der Waals surface area (Å²) in [6, 6.07) is 5.18. The van der Waals surface area contributed by atoms with Crippen molar-refractivity contribution >= 4 is 29.1 Å². The lowest BCUT2D eigenvalue weighted by atomic mass is 10.1. The smallest absolute Gasteiger partial charge is 0.224 e. The topological polar surface area (TPSA) is 55.1 Å². The van der Waals surface area contributed by atoms with Gasteiger partial charge in [-0.05, 0) is 17.7 Å². The fourth-order valence-corrected chi connectivity index (χ4v) is 1.60. The van der Waals surface area contributed by atoms with Gasteiger partial charge in [0.05, 0.1) is 0 Å². The van der Waals surface area contributed by atoms with Crippen LogP contribution in [0, 0.1) is 5.92 Å². The van der Waals surface area contributed by atoms with E-state index in [2.05, 4.69) is 5.32 Å². The molecule has 1 amide bonds. The quantitative estimate of drug-likeness (QED) is 0.873. The van der Waals surface area contributed by atoms with Crippen LogP contribution in [0.5, 0.6) is 0 Å². The zero-order valence-electron chi connectivity index (χ0n) is 8.97. The van der Waals surface area contributed by atoms with Gasteiger partial charge in [0.25, 0.3) is 0 Å². The Hall–Kier alpha value is -0.770. The third kappa shape index (κ3) is 3.67. The molecule has 1 rings (SSSR count). The number of rotatable bonds is 4. The van der Waals surface area contributed by atoms with Crippen molar-refractivity contribution in [1.82, 2.24) is 5.32 Å². The van der Waals surface area contributed by atoms with Crippen molar-refractivity contribution in [3.05, 3.63) is 33.8 Å². The Kier molecular flexibility index (Phi) is 5.06. The maximum absolute atomic E-state index is 11.5. The van der Waals surface area contributed by atoms with Gasteiger partial charge in [-0.3, -0.25) is 4.79 Å². The molecule has 0 heterocycles. The van der Waals surface area contributed by atoms with E-state index in [1.807, 2.05) is 0 Å². The highest BCUT2D eigenvalue weighted by Gasteiger charge is 2.10. The SMILES string of the molecule is CC(CN)C(=O)NCc1ccc(Cl)cc1Cl. The Labute approximate surface area is 105 Å². The van der Waals surface area contributed by atoms with Gasteiger partial charge in [-0.25, -0.2) is 0 Å². The Morgan fingerprint density at radius 3 is 2.75 bits per heavy atom.